The number of phosphoric ester groups is 2. The zero-order valence-electron chi connectivity index (χ0n) is 58.8. The van der Waals surface area contributed by atoms with Gasteiger partial charge in [0.2, 0.25) is 0 Å². The van der Waals surface area contributed by atoms with Crippen LogP contribution in [0.2, 0.25) is 0 Å². The molecule has 4 unspecified atom stereocenters. The minimum atomic E-state index is -4.95. The number of esters is 4. The number of hydrogen-bond acceptors (Lipinski definition) is 15. The maximum Gasteiger partial charge on any atom is 0.472 e. The minimum absolute atomic E-state index is 0.102. The van der Waals surface area contributed by atoms with E-state index in [9.17, 15) is 43.2 Å². The Hall–Kier alpha value is -1.94. The molecule has 0 aliphatic heterocycles. The summed E-state index contributed by atoms with van der Waals surface area (Å²) in [7, 11) is -9.90. The normalized spacial score (nSPS) is 14.9. The Morgan fingerprint density at radius 1 is 0.311 bits per heavy atom. The zero-order valence-corrected chi connectivity index (χ0v) is 60.6. The SMILES string of the molecule is CCC(C)CCCCCCCCC(=O)OC[C@H](COP(=O)(O)OC[C@H](O)COP(=O)(O)OC[C@@H](COC(=O)CCCCCCCCCCCCC(C)C)OC(=O)CCCCCCCCCCCCCCCCC(C)C)OC(=O)CCCCCCCCC(C)CC. The molecule has 3 N–H and O–H groups in total. The Morgan fingerprint density at radius 3 is 0.789 bits per heavy atom. The Kier molecular flexibility index (Phi) is 59.4. The number of phosphoric acid groups is 2. The molecule has 0 amide bonds. The Morgan fingerprint density at radius 2 is 0.533 bits per heavy atom. The number of carbonyl (C=O) groups is 4. The van der Waals surface area contributed by atoms with E-state index in [4.69, 9.17) is 37.0 Å². The molecule has 0 aromatic heterocycles. The molecule has 0 aromatic carbocycles. The summed E-state index contributed by atoms with van der Waals surface area (Å²) in [4.78, 5) is 72.6. The molecule has 534 valence electrons. The smallest absolute Gasteiger partial charge is 0.462 e. The summed E-state index contributed by atoms with van der Waals surface area (Å²) in [6, 6.07) is 0. The van der Waals surface area contributed by atoms with Crippen LogP contribution in [0, 0.1) is 23.7 Å². The van der Waals surface area contributed by atoms with E-state index in [-0.39, 0.29) is 25.7 Å². The fraction of sp³-hybridized carbons (Fsp3) is 0.944. The van der Waals surface area contributed by atoms with Crippen molar-refractivity contribution in [2.75, 3.05) is 39.6 Å². The summed E-state index contributed by atoms with van der Waals surface area (Å²) in [5, 5.41) is 10.6. The maximum absolute atomic E-state index is 13.0. The van der Waals surface area contributed by atoms with Gasteiger partial charge in [-0.3, -0.25) is 37.3 Å². The summed E-state index contributed by atoms with van der Waals surface area (Å²) < 4.78 is 68.3. The number of aliphatic hydroxyl groups excluding tert-OH is 1. The lowest BCUT2D eigenvalue weighted by Gasteiger charge is -2.21. The molecule has 0 bridgehead atoms. The van der Waals surface area contributed by atoms with E-state index in [1.807, 2.05) is 0 Å². The molecular formula is C71H138O17P2. The van der Waals surface area contributed by atoms with Crippen LogP contribution in [0.15, 0.2) is 0 Å². The first-order valence-electron chi connectivity index (χ1n) is 36.8. The van der Waals surface area contributed by atoms with Crippen LogP contribution in [0.3, 0.4) is 0 Å². The number of unbranched alkanes of at least 4 members (excludes halogenated alkanes) is 32. The lowest BCUT2D eigenvalue weighted by atomic mass is 10.00. The monoisotopic (exact) mass is 1320 g/mol. The average Bonchev–Trinajstić information content (AvgIpc) is 2.95. The van der Waals surface area contributed by atoms with E-state index in [2.05, 4.69) is 55.4 Å². The van der Waals surface area contributed by atoms with Gasteiger partial charge in [-0.25, -0.2) is 9.13 Å². The lowest BCUT2D eigenvalue weighted by molar-refractivity contribution is -0.161. The number of rotatable bonds is 68. The van der Waals surface area contributed by atoms with E-state index >= 15 is 0 Å². The zero-order chi connectivity index (χ0) is 66.8. The highest BCUT2D eigenvalue weighted by Gasteiger charge is 2.30. The molecule has 0 spiro atoms. The molecule has 0 aliphatic carbocycles. The Labute approximate surface area is 549 Å². The Balaban J connectivity index is 5.25. The molecule has 0 fully saturated rings. The average molecular weight is 1330 g/mol. The molecule has 0 heterocycles. The van der Waals surface area contributed by atoms with Crippen LogP contribution >= 0.6 is 15.6 Å². The van der Waals surface area contributed by atoms with Crippen LogP contribution in [-0.2, 0) is 65.4 Å². The molecule has 0 saturated heterocycles. The van der Waals surface area contributed by atoms with Gasteiger partial charge in [0.25, 0.3) is 0 Å². The van der Waals surface area contributed by atoms with Crippen molar-refractivity contribution in [1.29, 1.82) is 0 Å². The van der Waals surface area contributed by atoms with Crippen LogP contribution < -0.4 is 0 Å². The fourth-order valence-corrected chi connectivity index (χ4v) is 12.2. The van der Waals surface area contributed by atoms with E-state index < -0.39 is 97.5 Å². The highest BCUT2D eigenvalue weighted by atomic mass is 31.2. The third kappa shape index (κ3) is 62.2. The largest absolute Gasteiger partial charge is 0.472 e. The van der Waals surface area contributed by atoms with Crippen molar-refractivity contribution in [3.63, 3.8) is 0 Å². The molecule has 7 atom stereocenters. The molecule has 17 nitrogen and oxygen atoms in total. The predicted molar refractivity (Wildman–Crippen MR) is 363 cm³/mol. The summed E-state index contributed by atoms with van der Waals surface area (Å²) >= 11 is 0. The van der Waals surface area contributed by atoms with Crippen molar-refractivity contribution in [1.82, 2.24) is 0 Å². The number of carbonyl (C=O) groups excluding carboxylic acids is 4. The third-order valence-electron chi connectivity index (χ3n) is 17.0. The standard InChI is InChI=1S/C71H138O17P2/c1-9-63(7)49-41-33-27-29-36-44-52-69(74)82-58-67(88-71(76)54-46-38-30-28-34-42-50-64(8)10-2)60-86-90(79,80)84-56-65(72)55-83-89(77,78)85-59-66(57-81-68(73)51-43-35-25-21-18-17-20-24-32-40-48-62(5)6)87-70(75)53-45-37-26-22-16-14-12-11-13-15-19-23-31-39-47-61(3)4/h61-67,72H,9-60H2,1-8H3,(H,77,78)(H,79,80)/t63?,64?,65-,66-,67-/m1/s1. The summed E-state index contributed by atoms with van der Waals surface area (Å²) in [6.45, 7) is 14.1. The topological polar surface area (TPSA) is 237 Å². The van der Waals surface area contributed by atoms with E-state index in [1.54, 1.807) is 0 Å². The van der Waals surface area contributed by atoms with Gasteiger partial charge in [-0.15, -0.1) is 0 Å². The Bertz CT molecular complexity index is 1790. The van der Waals surface area contributed by atoms with Crippen molar-refractivity contribution in [3.05, 3.63) is 0 Å². The van der Waals surface area contributed by atoms with Crippen molar-refractivity contribution in [2.24, 2.45) is 23.7 Å². The molecule has 0 rings (SSSR count). The molecule has 90 heavy (non-hydrogen) atoms. The fourth-order valence-electron chi connectivity index (χ4n) is 10.6. The number of ether oxygens (including phenoxy) is 4. The summed E-state index contributed by atoms with van der Waals surface area (Å²) in [5.74, 6) is 0.873. The highest BCUT2D eigenvalue weighted by Crippen LogP contribution is 2.45. The van der Waals surface area contributed by atoms with Crippen LogP contribution in [0.4, 0.5) is 0 Å². The van der Waals surface area contributed by atoms with Crippen molar-refractivity contribution in [3.8, 4) is 0 Å². The number of hydrogen-bond donors (Lipinski definition) is 3. The predicted octanol–water partition coefficient (Wildman–Crippen LogP) is 20.1. The van der Waals surface area contributed by atoms with Crippen molar-refractivity contribution in [2.45, 2.75) is 369 Å². The van der Waals surface area contributed by atoms with Crippen LogP contribution in [0.25, 0.3) is 0 Å². The van der Waals surface area contributed by atoms with Crippen molar-refractivity contribution >= 4 is 39.5 Å². The molecular weight excluding hydrogens is 1190 g/mol. The van der Waals surface area contributed by atoms with Gasteiger partial charge in [-0.05, 0) is 49.4 Å². The first kappa shape index (κ1) is 88.1. The van der Waals surface area contributed by atoms with Gasteiger partial charge in [-0.2, -0.15) is 0 Å². The van der Waals surface area contributed by atoms with Crippen LogP contribution in [0.5, 0.6) is 0 Å². The molecule has 0 radical (unpaired) electrons. The first-order chi connectivity index (χ1) is 43.2. The maximum atomic E-state index is 13.0. The molecule has 0 aromatic rings. The number of aliphatic hydroxyl groups is 1. The second-order valence-corrected chi connectivity index (χ2v) is 30.0. The van der Waals surface area contributed by atoms with Gasteiger partial charge in [0, 0.05) is 25.7 Å². The van der Waals surface area contributed by atoms with Gasteiger partial charge in [0.05, 0.1) is 26.4 Å². The van der Waals surface area contributed by atoms with Crippen LogP contribution in [-0.4, -0.2) is 96.7 Å². The van der Waals surface area contributed by atoms with Gasteiger partial charge in [-0.1, -0.05) is 299 Å². The summed E-state index contributed by atoms with van der Waals surface area (Å²) in [5.41, 5.74) is 0. The first-order valence-corrected chi connectivity index (χ1v) is 39.8. The van der Waals surface area contributed by atoms with E-state index in [1.165, 1.54) is 148 Å². The third-order valence-corrected chi connectivity index (χ3v) is 18.9. The second kappa shape index (κ2) is 60.7. The van der Waals surface area contributed by atoms with Gasteiger partial charge in [0.1, 0.15) is 19.3 Å². The van der Waals surface area contributed by atoms with Crippen LogP contribution in [0.1, 0.15) is 351 Å². The van der Waals surface area contributed by atoms with Gasteiger partial charge < -0.3 is 33.8 Å². The minimum Gasteiger partial charge on any atom is -0.462 e. The van der Waals surface area contributed by atoms with Crippen molar-refractivity contribution < 1.29 is 80.2 Å². The molecule has 19 heteroatoms. The lowest BCUT2D eigenvalue weighted by Crippen LogP contribution is -2.30. The van der Waals surface area contributed by atoms with E-state index in [0.29, 0.717) is 25.7 Å². The van der Waals surface area contributed by atoms with Gasteiger partial charge in [0.15, 0.2) is 12.2 Å². The molecule has 0 aliphatic rings. The summed E-state index contributed by atoms with van der Waals surface area (Å²) in [6.07, 6.45) is 43.1. The highest BCUT2D eigenvalue weighted by molar-refractivity contribution is 7.47. The second-order valence-electron chi connectivity index (χ2n) is 27.1. The quantitative estimate of drug-likeness (QED) is 0.0222. The molecule has 0 saturated carbocycles. The van der Waals surface area contributed by atoms with Gasteiger partial charge >= 0.3 is 39.5 Å². The van der Waals surface area contributed by atoms with E-state index in [0.717, 1.165) is 120 Å².